The van der Waals surface area contributed by atoms with Gasteiger partial charge in [0.25, 0.3) is 0 Å². The summed E-state index contributed by atoms with van der Waals surface area (Å²) < 4.78 is 54.0. The number of hydrogen-bond donors (Lipinski definition) is 1. The highest BCUT2D eigenvalue weighted by Crippen LogP contribution is 2.38. The smallest absolute Gasteiger partial charge is 0.398 e. The first-order valence-corrected chi connectivity index (χ1v) is 8.36. The summed E-state index contributed by atoms with van der Waals surface area (Å²) in [5.41, 5.74) is 6.11. The highest BCUT2D eigenvalue weighted by atomic mass is 35.5. The van der Waals surface area contributed by atoms with Gasteiger partial charge in [0.05, 0.1) is 10.9 Å². The Kier molecular flexibility index (Phi) is 6.09. The van der Waals surface area contributed by atoms with Crippen molar-refractivity contribution in [2.45, 2.75) is 19.0 Å². The van der Waals surface area contributed by atoms with Crippen molar-refractivity contribution in [1.29, 1.82) is 0 Å². The van der Waals surface area contributed by atoms with E-state index in [1.165, 1.54) is 31.2 Å². The molecule has 0 heterocycles. The number of alkyl halides is 3. The summed E-state index contributed by atoms with van der Waals surface area (Å²) in [6.07, 6.45) is -2.40. The van der Waals surface area contributed by atoms with Crippen molar-refractivity contribution in [2.24, 2.45) is 0 Å². The Bertz CT molecular complexity index is 857. The molecule has 0 saturated heterocycles. The minimum Gasteiger partial charge on any atom is -0.398 e. The van der Waals surface area contributed by atoms with E-state index in [9.17, 15) is 22.4 Å². The second-order valence-electron chi connectivity index (χ2n) is 5.72. The van der Waals surface area contributed by atoms with Crippen molar-refractivity contribution in [3.63, 3.8) is 0 Å². The first kappa shape index (κ1) is 20.4. The number of hydrogen-bond acceptors (Lipinski definition) is 2. The minimum absolute atomic E-state index is 0.0303. The molecule has 2 nitrogen and oxygen atoms in total. The summed E-state index contributed by atoms with van der Waals surface area (Å²) in [7, 11) is 1.98. The Balaban J connectivity index is 2.42. The van der Waals surface area contributed by atoms with E-state index in [0.717, 1.165) is 18.2 Å². The summed E-state index contributed by atoms with van der Waals surface area (Å²) in [5, 5.41) is -0.366. The zero-order valence-corrected chi connectivity index (χ0v) is 15.5. The number of carbonyl (C=O) groups excluding carboxylic acids is 1. The number of rotatable bonds is 4. The molecule has 2 aromatic carbocycles. The van der Waals surface area contributed by atoms with E-state index in [-0.39, 0.29) is 32.9 Å². The van der Waals surface area contributed by atoms with E-state index < -0.39 is 17.9 Å². The molecule has 2 unspecified atom stereocenters. The lowest BCUT2D eigenvalue weighted by atomic mass is 9.95. The molecule has 0 bridgehead atoms. The van der Waals surface area contributed by atoms with E-state index in [4.69, 9.17) is 17.3 Å². The SMILES string of the molecule is Cc1cc(C(/C=C/c2ccc(C(=O)P)c(N)c2)C(F)(F)F)cc(Cl)c1F. The highest BCUT2D eigenvalue weighted by molar-refractivity contribution is 7.41. The van der Waals surface area contributed by atoms with E-state index in [0.29, 0.717) is 5.56 Å². The van der Waals surface area contributed by atoms with Crippen LogP contribution in [-0.4, -0.2) is 11.7 Å². The van der Waals surface area contributed by atoms with Gasteiger partial charge in [-0.3, -0.25) is 4.79 Å². The standard InChI is InChI=1S/C18H15ClF4NOP/c1-9-6-11(8-14(19)16(9)20)13(18(21,22)23)5-3-10-2-4-12(17(25)26)15(24)7-10/h2-8,13H,24,26H2,1H3/b5-3+. The Morgan fingerprint density at radius 2 is 1.92 bits per heavy atom. The molecule has 0 saturated carbocycles. The predicted molar refractivity (Wildman–Crippen MR) is 98.9 cm³/mol. The Morgan fingerprint density at radius 1 is 1.27 bits per heavy atom. The molecule has 26 heavy (non-hydrogen) atoms. The van der Waals surface area contributed by atoms with Crippen LogP contribution in [-0.2, 0) is 0 Å². The van der Waals surface area contributed by atoms with Gasteiger partial charge < -0.3 is 5.73 Å². The largest absolute Gasteiger partial charge is 0.399 e. The fourth-order valence-electron chi connectivity index (χ4n) is 2.46. The Hall–Kier alpha value is -1.91. The number of nitrogens with two attached hydrogens (primary N) is 1. The average Bonchev–Trinajstić information content (AvgIpc) is 2.51. The van der Waals surface area contributed by atoms with E-state index in [2.05, 4.69) is 0 Å². The fourth-order valence-corrected chi connectivity index (χ4v) is 3.00. The number of halogens is 5. The number of anilines is 1. The van der Waals surface area contributed by atoms with Crippen molar-refractivity contribution in [1.82, 2.24) is 0 Å². The number of benzene rings is 2. The van der Waals surface area contributed by atoms with Gasteiger partial charge in [0.2, 0.25) is 0 Å². The van der Waals surface area contributed by atoms with Crippen LogP contribution in [0.2, 0.25) is 5.02 Å². The fraction of sp³-hybridized carbons (Fsp3) is 0.167. The molecule has 0 aliphatic heterocycles. The van der Waals surface area contributed by atoms with Crippen LogP contribution in [0.4, 0.5) is 23.2 Å². The Morgan fingerprint density at radius 3 is 2.42 bits per heavy atom. The van der Waals surface area contributed by atoms with Gasteiger partial charge in [-0.2, -0.15) is 13.2 Å². The van der Waals surface area contributed by atoms with Crippen LogP contribution >= 0.6 is 20.8 Å². The molecule has 0 aliphatic rings. The molecule has 0 spiro atoms. The van der Waals surface area contributed by atoms with E-state index in [1.54, 1.807) is 0 Å². The summed E-state index contributed by atoms with van der Waals surface area (Å²) in [6, 6.07) is 6.42. The number of nitrogen functional groups attached to an aromatic ring is 1. The van der Waals surface area contributed by atoms with Crippen molar-refractivity contribution in [3.05, 3.63) is 69.5 Å². The first-order valence-electron chi connectivity index (χ1n) is 7.40. The molecule has 2 N–H and O–H groups in total. The first-order chi connectivity index (χ1) is 12.0. The molecule has 0 aromatic heterocycles. The van der Waals surface area contributed by atoms with Crippen molar-refractivity contribution in [2.75, 3.05) is 5.73 Å². The predicted octanol–water partition coefficient (Wildman–Crippen LogP) is 5.74. The van der Waals surface area contributed by atoms with Crippen LogP contribution in [0.15, 0.2) is 36.4 Å². The van der Waals surface area contributed by atoms with Crippen LogP contribution < -0.4 is 5.73 Å². The van der Waals surface area contributed by atoms with Gasteiger partial charge in [0, 0.05) is 11.3 Å². The third kappa shape index (κ3) is 4.63. The zero-order valence-electron chi connectivity index (χ0n) is 13.6. The van der Waals surface area contributed by atoms with Gasteiger partial charge in [-0.15, -0.1) is 0 Å². The van der Waals surface area contributed by atoms with Gasteiger partial charge in [-0.25, -0.2) is 4.39 Å². The lowest BCUT2D eigenvalue weighted by molar-refractivity contribution is -0.139. The lowest BCUT2D eigenvalue weighted by Crippen LogP contribution is -2.19. The van der Waals surface area contributed by atoms with Crippen molar-refractivity contribution in [3.8, 4) is 0 Å². The minimum atomic E-state index is -4.59. The molecule has 0 radical (unpaired) electrons. The Labute approximate surface area is 155 Å². The lowest BCUT2D eigenvalue weighted by Gasteiger charge is -2.18. The molecule has 138 valence electrons. The van der Waals surface area contributed by atoms with Gasteiger partial charge in [0.1, 0.15) is 5.82 Å². The third-order valence-electron chi connectivity index (χ3n) is 3.77. The number of carbonyl (C=O) groups is 1. The van der Waals surface area contributed by atoms with Crippen LogP contribution in [0, 0.1) is 12.7 Å². The van der Waals surface area contributed by atoms with Crippen LogP contribution in [0.25, 0.3) is 6.08 Å². The van der Waals surface area contributed by atoms with E-state index in [1.807, 2.05) is 9.24 Å². The molecule has 2 rings (SSSR count). The molecule has 2 atom stereocenters. The number of aryl methyl sites for hydroxylation is 1. The maximum Gasteiger partial charge on any atom is 0.399 e. The van der Waals surface area contributed by atoms with Crippen LogP contribution in [0.1, 0.15) is 33.0 Å². The highest BCUT2D eigenvalue weighted by Gasteiger charge is 2.39. The molecular formula is C18H15ClF4NOP. The van der Waals surface area contributed by atoms with Gasteiger partial charge in [-0.05, 0) is 41.8 Å². The van der Waals surface area contributed by atoms with E-state index >= 15 is 0 Å². The summed E-state index contributed by atoms with van der Waals surface area (Å²) in [5.74, 6) is -2.71. The maximum absolute atomic E-state index is 13.6. The summed E-state index contributed by atoms with van der Waals surface area (Å²) >= 11 is 5.68. The van der Waals surface area contributed by atoms with Gasteiger partial charge >= 0.3 is 6.18 Å². The third-order valence-corrected chi connectivity index (χ3v) is 4.35. The molecule has 2 aromatic rings. The zero-order chi connectivity index (χ0) is 19.6. The van der Waals surface area contributed by atoms with Crippen molar-refractivity contribution >= 4 is 38.1 Å². The average molecular weight is 404 g/mol. The normalized spacial score (nSPS) is 13.2. The monoisotopic (exact) mass is 403 g/mol. The molecule has 8 heteroatoms. The molecule has 0 aliphatic carbocycles. The van der Waals surface area contributed by atoms with Gasteiger partial charge in [-0.1, -0.05) is 45.1 Å². The summed E-state index contributed by atoms with van der Waals surface area (Å²) in [4.78, 5) is 11.3. The second-order valence-corrected chi connectivity index (χ2v) is 6.65. The maximum atomic E-state index is 13.6. The summed E-state index contributed by atoms with van der Waals surface area (Å²) in [6.45, 7) is 1.35. The van der Waals surface area contributed by atoms with Crippen LogP contribution in [0.3, 0.4) is 0 Å². The van der Waals surface area contributed by atoms with Gasteiger partial charge in [0.15, 0.2) is 5.52 Å². The topological polar surface area (TPSA) is 43.1 Å². The molecule has 0 amide bonds. The van der Waals surface area contributed by atoms with Crippen molar-refractivity contribution < 1.29 is 22.4 Å². The number of allylic oxidation sites excluding steroid dienone is 1. The molecular weight excluding hydrogens is 389 g/mol. The second kappa shape index (κ2) is 7.77. The quantitative estimate of drug-likeness (QED) is 0.401. The van der Waals surface area contributed by atoms with Crippen LogP contribution in [0.5, 0.6) is 0 Å². The molecule has 0 fully saturated rings.